The molecule has 0 aliphatic rings. The van der Waals surface area contributed by atoms with Gasteiger partial charge in [0.15, 0.2) is 0 Å². The van der Waals surface area contributed by atoms with Gasteiger partial charge >= 0.3 is 0 Å². The van der Waals surface area contributed by atoms with Crippen LogP contribution in [0.15, 0.2) is 47.4 Å². The average molecular weight is 415 g/mol. The third-order valence-corrected chi connectivity index (χ3v) is 5.36. The first-order valence-corrected chi connectivity index (χ1v) is 10.0. The Morgan fingerprint density at radius 1 is 1.15 bits per heavy atom. The average Bonchev–Trinajstić information content (AvgIpc) is 2.63. The zero-order valence-corrected chi connectivity index (χ0v) is 16.2. The molecule has 2 N–H and O–H groups in total. The van der Waals surface area contributed by atoms with E-state index in [4.69, 9.17) is 16.3 Å². The monoisotopic (exact) mass is 414 g/mol. The van der Waals surface area contributed by atoms with Gasteiger partial charge in [-0.3, -0.25) is 9.52 Å². The van der Waals surface area contributed by atoms with E-state index in [1.165, 1.54) is 30.3 Å². The molecule has 0 bridgehead atoms. The molecule has 0 radical (unpaired) electrons. The third kappa shape index (κ3) is 6.20. The molecule has 2 rings (SSSR count). The van der Waals surface area contributed by atoms with Gasteiger partial charge in [-0.05, 0) is 55.3 Å². The number of sulfonamides is 1. The van der Waals surface area contributed by atoms with Crippen LogP contribution in [0.1, 0.15) is 23.2 Å². The highest BCUT2D eigenvalue weighted by molar-refractivity contribution is 7.92. The first kappa shape index (κ1) is 21.1. The van der Waals surface area contributed by atoms with E-state index in [9.17, 15) is 17.6 Å². The van der Waals surface area contributed by atoms with Crippen molar-refractivity contribution < 1.29 is 22.3 Å². The van der Waals surface area contributed by atoms with Crippen LogP contribution in [0.3, 0.4) is 0 Å². The number of carbonyl (C=O) groups excluding carboxylic acids is 1. The Morgan fingerprint density at radius 2 is 1.85 bits per heavy atom. The number of carbonyl (C=O) groups is 1. The summed E-state index contributed by atoms with van der Waals surface area (Å²) in [6.07, 6.45) is 1.52. The summed E-state index contributed by atoms with van der Waals surface area (Å²) in [5, 5.41) is 2.84. The molecule has 6 nitrogen and oxygen atoms in total. The van der Waals surface area contributed by atoms with Crippen molar-refractivity contribution in [1.82, 2.24) is 5.32 Å². The molecule has 146 valence electrons. The minimum absolute atomic E-state index is 0.0605. The summed E-state index contributed by atoms with van der Waals surface area (Å²) in [6, 6.07) is 8.74. The van der Waals surface area contributed by atoms with Crippen LogP contribution in [0.5, 0.6) is 0 Å². The summed E-state index contributed by atoms with van der Waals surface area (Å²) in [6.45, 7) is 1.02. The Hall–Kier alpha value is -2.16. The number of hydrogen-bond donors (Lipinski definition) is 2. The minimum Gasteiger partial charge on any atom is -0.385 e. The maximum Gasteiger partial charge on any atom is 0.261 e. The van der Waals surface area contributed by atoms with Crippen molar-refractivity contribution in [2.45, 2.75) is 17.7 Å². The molecule has 0 spiro atoms. The molecule has 9 heteroatoms. The van der Waals surface area contributed by atoms with Crippen molar-refractivity contribution in [3.63, 3.8) is 0 Å². The smallest absolute Gasteiger partial charge is 0.261 e. The lowest BCUT2D eigenvalue weighted by Crippen LogP contribution is -2.25. The van der Waals surface area contributed by atoms with Gasteiger partial charge in [0.05, 0.1) is 15.5 Å². The van der Waals surface area contributed by atoms with Gasteiger partial charge < -0.3 is 10.1 Å². The lowest BCUT2D eigenvalue weighted by molar-refractivity contribution is 0.0951. The van der Waals surface area contributed by atoms with Crippen LogP contribution in [0, 0.1) is 5.82 Å². The summed E-state index contributed by atoms with van der Waals surface area (Å²) >= 11 is 6.04. The Labute approximate surface area is 162 Å². The molecule has 2 aromatic carbocycles. The lowest BCUT2D eigenvalue weighted by Gasteiger charge is -2.11. The molecule has 2 aromatic rings. The number of halogens is 2. The molecule has 0 fully saturated rings. The maximum atomic E-state index is 13.0. The summed E-state index contributed by atoms with van der Waals surface area (Å²) in [4.78, 5) is 12.2. The molecule has 0 atom stereocenters. The molecule has 0 aliphatic carbocycles. The van der Waals surface area contributed by atoms with Crippen LogP contribution < -0.4 is 10.0 Å². The Balaban J connectivity index is 2.12. The zero-order valence-electron chi connectivity index (χ0n) is 14.7. The number of anilines is 1. The van der Waals surface area contributed by atoms with Crippen molar-refractivity contribution in [3.05, 3.63) is 58.9 Å². The van der Waals surface area contributed by atoms with E-state index in [-0.39, 0.29) is 21.2 Å². The Bertz CT molecular complexity index is 889. The fourth-order valence-corrected chi connectivity index (χ4v) is 3.53. The van der Waals surface area contributed by atoms with E-state index in [2.05, 4.69) is 10.0 Å². The summed E-state index contributed by atoms with van der Waals surface area (Å²) in [5.41, 5.74) is 0.265. The van der Waals surface area contributed by atoms with Crippen molar-refractivity contribution in [3.8, 4) is 0 Å². The first-order chi connectivity index (χ1) is 12.8. The van der Waals surface area contributed by atoms with Gasteiger partial charge in [0, 0.05) is 25.9 Å². The Kier molecular flexibility index (Phi) is 7.58. The van der Waals surface area contributed by atoms with Gasteiger partial charge in [0.25, 0.3) is 15.9 Å². The summed E-state index contributed by atoms with van der Waals surface area (Å²) in [7, 11) is -2.36. The number of benzene rings is 2. The number of amides is 1. The maximum absolute atomic E-state index is 13.0. The van der Waals surface area contributed by atoms with Gasteiger partial charge in [-0.2, -0.15) is 0 Å². The van der Waals surface area contributed by atoms with Crippen molar-refractivity contribution in [2.24, 2.45) is 0 Å². The van der Waals surface area contributed by atoms with Gasteiger partial charge in [-0.25, -0.2) is 12.8 Å². The number of hydrogen-bond acceptors (Lipinski definition) is 4. The standard InChI is InChI=1S/C18H20ClFN2O4S/c1-26-11-3-2-10-21-18(23)16-12-15(8-9-17(16)19)27(24,25)22-14-6-4-13(20)5-7-14/h4-9,12,22H,2-3,10-11H2,1H3,(H,21,23). The molecular formula is C18H20ClFN2O4S. The third-order valence-electron chi connectivity index (χ3n) is 3.65. The molecule has 27 heavy (non-hydrogen) atoms. The van der Waals surface area contributed by atoms with Crippen LogP contribution in [0.2, 0.25) is 5.02 Å². The van der Waals surface area contributed by atoms with Gasteiger partial charge in [0.1, 0.15) is 5.82 Å². The SMILES string of the molecule is COCCCCNC(=O)c1cc(S(=O)(=O)Nc2ccc(F)cc2)ccc1Cl. The molecular weight excluding hydrogens is 395 g/mol. The molecule has 0 aliphatic heterocycles. The van der Waals surface area contributed by atoms with Gasteiger partial charge in [-0.1, -0.05) is 11.6 Å². The van der Waals surface area contributed by atoms with Crippen LogP contribution in [-0.2, 0) is 14.8 Å². The van der Waals surface area contributed by atoms with E-state index < -0.39 is 21.7 Å². The minimum atomic E-state index is -3.96. The van der Waals surface area contributed by atoms with E-state index in [1.807, 2.05) is 0 Å². The highest BCUT2D eigenvalue weighted by atomic mass is 35.5. The second-order valence-electron chi connectivity index (χ2n) is 5.71. The fourth-order valence-electron chi connectivity index (χ4n) is 2.25. The van der Waals surface area contributed by atoms with E-state index in [1.54, 1.807) is 7.11 Å². The lowest BCUT2D eigenvalue weighted by atomic mass is 10.2. The predicted octanol–water partition coefficient (Wildman–Crippen LogP) is 3.44. The topological polar surface area (TPSA) is 84.5 Å². The normalized spacial score (nSPS) is 11.2. The largest absolute Gasteiger partial charge is 0.385 e. The van der Waals surface area contributed by atoms with Gasteiger partial charge in [-0.15, -0.1) is 0 Å². The second kappa shape index (κ2) is 9.68. The van der Waals surface area contributed by atoms with Crippen LogP contribution >= 0.6 is 11.6 Å². The van der Waals surface area contributed by atoms with Crippen molar-refractivity contribution >= 4 is 33.2 Å². The number of rotatable bonds is 9. The van der Waals surface area contributed by atoms with Gasteiger partial charge in [0.2, 0.25) is 0 Å². The predicted molar refractivity (Wildman–Crippen MR) is 102 cm³/mol. The Morgan fingerprint density at radius 3 is 2.52 bits per heavy atom. The molecule has 1 amide bonds. The molecule has 0 saturated carbocycles. The van der Waals surface area contributed by atoms with E-state index in [0.717, 1.165) is 25.0 Å². The summed E-state index contributed by atoms with van der Waals surface area (Å²) in [5.74, 6) is -0.940. The van der Waals surface area contributed by atoms with Crippen LogP contribution in [-0.4, -0.2) is 34.6 Å². The number of nitrogens with one attached hydrogen (secondary N) is 2. The molecule has 0 saturated heterocycles. The highest BCUT2D eigenvalue weighted by Gasteiger charge is 2.19. The highest BCUT2D eigenvalue weighted by Crippen LogP contribution is 2.22. The number of methoxy groups -OCH3 is 1. The van der Waals surface area contributed by atoms with E-state index >= 15 is 0 Å². The molecule has 0 aromatic heterocycles. The second-order valence-corrected chi connectivity index (χ2v) is 7.80. The van der Waals surface area contributed by atoms with Crippen molar-refractivity contribution in [1.29, 1.82) is 0 Å². The van der Waals surface area contributed by atoms with Crippen molar-refractivity contribution in [2.75, 3.05) is 25.0 Å². The van der Waals surface area contributed by atoms with Crippen LogP contribution in [0.25, 0.3) is 0 Å². The zero-order chi connectivity index (χ0) is 19.9. The molecule has 0 unspecified atom stereocenters. The molecule has 0 heterocycles. The number of unbranched alkanes of at least 4 members (excludes halogenated alkanes) is 1. The number of ether oxygens (including phenoxy) is 1. The quantitative estimate of drug-likeness (QED) is 0.615. The first-order valence-electron chi connectivity index (χ1n) is 8.18. The fraction of sp³-hybridized carbons (Fsp3) is 0.278. The van der Waals surface area contributed by atoms with Crippen LogP contribution in [0.4, 0.5) is 10.1 Å². The van der Waals surface area contributed by atoms with E-state index in [0.29, 0.717) is 13.2 Å². The summed E-state index contributed by atoms with van der Waals surface area (Å²) < 4.78 is 45.2.